The van der Waals surface area contributed by atoms with Crippen LogP contribution in [0.4, 0.5) is 0 Å². The van der Waals surface area contributed by atoms with Crippen molar-refractivity contribution in [2.45, 2.75) is 6.92 Å². The van der Waals surface area contributed by atoms with Gasteiger partial charge in [-0.2, -0.15) is 0 Å². The molecule has 0 aromatic heterocycles. The number of halogens is 2. The van der Waals surface area contributed by atoms with Crippen molar-refractivity contribution in [3.63, 3.8) is 0 Å². The van der Waals surface area contributed by atoms with Crippen molar-refractivity contribution < 1.29 is 14.4 Å². The number of benzene rings is 1. The fraction of sp³-hybridized carbons (Fsp3) is 0.375. The Kier molecular flexibility index (Phi) is 8.99. The Hall–Kier alpha value is -0.640. The Bertz CT molecular complexity index is 525. The Morgan fingerprint density at radius 2 is 1.91 bits per heavy atom. The van der Waals surface area contributed by atoms with Gasteiger partial charge in [0.15, 0.2) is 0 Å². The summed E-state index contributed by atoms with van der Waals surface area (Å²) in [5.41, 5.74) is 1.78. The van der Waals surface area contributed by atoms with E-state index in [1.165, 1.54) is 7.11 Å². The van der Waals surface area contributed by atoms with Gasteiger partial charge in [-0.25, -0.2) is 4.79 Å². The van der Waals surface area contributed by atoms with Gasteiger partial charge in [-0.15, -0.1) is 0 Å². The molecule has 0 aliphatic heterocycles. The molecule has 0 aliphatic carbocycles. The van der Waals surface area contributed by atoms with Crippen molar-refractivity contribution in [1.82, 2.24) is 0 Å². The van der Waals surface area contributed by atoms with Crippen LogP contribution in [0.5, 0.6) is 0 Å². The van der Waals surface area contributed by atoms with E-state index in [4.69, 9.17) is 4.84 Å². The van der Waals surface area contributed by atoms with Crippen LogP contribution < -0.4 is 0 Å². The zero-order valence-electron chi connectivity index (χ0n) is 12.6. The van der Waals surface area contributed by atoms with E-state index < -0.39 is 5.97 Å². The van der Waals surface area contributed by atoms with Crippen LogP contribution in [-0.2, 0) is 14.4 Å². The van der Waals surface area contributed by atoms with Crippen LogP contribution in [0, 0.1) is 5.41 Å². The van der Waals surface area contributed by atoms with Crippen molar-refractivity contribution in [3.05, 3.63) is 42.0 Å². The van der Waals surface area contributed by atoms with Gasteiger partial charge in [0.25, 0.3) is 0 Å². The number of esters is 1. The highest BCUT2D eigenvalue weighted by atomic mass is 127. The second kappa shape index (κ2) is 10.2. The van der Waals surface area contributed by atoms with Gasteiger partial charge in [0, 0.05) is 14.3 Å². The van der Waals surface area contributed by atoms with Gasteiger partial charge < -0.3 is 9.57 Å². The standard InChI is InChI=1S/C16H19I2NO3/c1-16(11-17,12-18)14(19-22-10-15(20)21-2)9-8-13-6-4-3-5-7-13/h3-9H,10-12H2,1-2H3/b9-8+,19-14+. The summed E-state index contributed by atoms with van der Waals surface area (Å²) < 4.78 is 6.34. The Balaban J connectivity index is 2.93. The average molecular weight is 527 g/mol. The van der Waals surface area contributed by atoms with Crippen molar-refractivity contribution in [3.8, 4) is 0 Å². The first-order valence-electron chi connectivity index (χ1n) is 6.68. The van der Waals surface area contributed by atoms with Crippen molar-refractivity contribution >= 4 is 62.9 Å². The highest BCUT2D eigenvalue weighted by Crippen LogP contribution is 2.26. The molecule has 0 heterocycles. The first-order chi connectivity index (χ1) is 10.6. The fourth-order valence-corrected chi connectivity index (χ4v) is 3.82. The Morgan fingerprint density at radius 1 is 1.27 bits per heavy atom. The summed E-state index contributed by atoms with van der Waals surface area (Å²) in [6.07, 6.45) is 3.95. The minimum Gasteiger partial charge on any atom is -0.466 e. The van der Waals surface area contributed by atoms with Gasteiger partial charge in [0.05, 0.1) is 12.8 Å². The third-order valence-electron chi connectivity index (χ3n) is 3.01. The molecule has 0 atom stereocenters. The van der Waals surface area contributed by atoms with Gasteiger partial charge in [0.1, 0.15) is 0 Å². The number of allylic oxidation sites excluding steroid dienone is 1. The molecule has 0 spiro atoms. The number of hydrogen-bond donors (Lipinski definition) is 0. The lowest BCUT2D eigenvalue weighted by molar-refractivity contribution is -0.145. The molecule has 0 N–H and O–H groups in total. The maximum Gasteiger partial charge on any atom is 0.346 e. The van der Waals surface area contributed by atoms with Gasteiger partial charge in [0.2, 0.25) is 6.61 Å². The second-order valence-electron chi connectivity index (χ2n) is 4.90. The summed E-state index contributed by atoms with van der Waals surface area (Å²) in [5.74, 6) is -0.444. The molecule has 0 radical (unpaired) electrons. The summed E-state index contributed by atoms with van der Waals surface area (Å²) in [4.78, 5) is 16.3. The molecule has 1 aromatic rings. The average Bonchev–Trinajstić information content (AvgIpc) is 2.57. The van der Waals surface area contributed by atoms with Crippen molar-refractivity contribution in [1.29, 1.82) is 0 Å². The van der Waals surface area contributed by atoms with Gasteiger partial charge >= 0.3 is 5.97 Å². The number of oxime groups is 1. The minimum atomic E-state index is -0.444. The number of carbonyl (C=O) groups excluding carboxylic acids is 1. The monoisotopic (exact) mass is 527 g/mol. The second-order valence-corrected chi connectivity index (χ2v) is 6.42. The lowest BCUT2D eigenvalue weighted by atomic mass is 9.89. The zero-order chi connectivity index (χ0) is 16.4. The number of methoxy groups -OCH3 is 1. The molecule has 4 nitrogen and oxygen atoms in total. The predicted molar refractivity (Wildman–Crippen MR) is 107 cm³/mol. The zero-order valence-corrected chi connectivity index (χ0v) is 16.9. The lowest BCUT2D eigenvalue weighted by Gasteiger charge is -2.24. The molecule has 1 rings (SSSR count). The number of rotatable bonds is 8. The number of ether oxygens (including phenoxy) is 1. The molecule has 6 heteroatoms. The van der Waals surface area contributed by atoms with Crippen LogP contribution in [0.1, 0.15) is 12.5 Å². The van der Waals surface area contributed by atoms with E-state index in [9.17, 15) is 4.79 Å². The quantitative estimate of drug-likeness (QED) is 0.168. The summed E-state index contributed by atoms with van der Waals surface area (Å²) in [6.45, 7) is 1.94. The van der Waals surface area contributed by atoms with Crippen molar-refractivity contribution in [2.75, 3.05) is 22.6 Å². The highest BCUT2D eigenvalue weighted by Gasteiger charge is 2.27. The third-order valence-corrected chi connectivity index (χ3v) is 6.38. The van der Waals surface area contributed by atoms with Crippen LogP contribution in [0.25, 0.3) is 6.08 Å². The SMILES string of the molecule is COC(=O)CO/N=C(\C=C\c1ccccc1)C(C)(CI)CI. The first-order valence-corrected chi connectivity index (χ1v) is 9.73. The fourth-order valence-electron chi connectivity index (χ4n) is 1.47. The molecule has 22 heavy (non-hydrogen) atoms. The molecular formula is C16H19I2NO3. The van der Waals surface area contributed by atoms with E-state index in [1.54, 1.807) is 0 Å². The largest absolute Gasteiger partial charge is 0.466 e. The summed E-state index contributed by atoms with van der Waals surface area (Å²) in [7, 11) is 1.32. The molecule has 0 unspecified atom stereocenters. The summed E-state index contributed by atoms with van der Waals surface area (Å²) in [6, 6.07) is 10.00. The molecule has 1 aromatic carbocycles. The number of alkyl halides is 2. The number of hydrogen-bond acceptors (Lipinski definition) is 4. The maximum atomic E-state index is 11.1. The molecular weight excluding hydrogens is 508 g/mol. The van der Waals surface area contributed by atoms with Crippen LogP contribution in [0.2, 0.25) is 0 Å². The topological polar surface area (TPSA) is 47.9 Å². The van der Waals surface area contributed by atoms with Gasteiger partial charge in [-0.05, 0) is 11.6 Å². The van der Waals surface area contributed by atoms with Crippen molar-refractivity contribution in [2.24, 2.45) is 10.6 Å². The lowest BCUT2D eigenvalue weighted by Crippen LogP contribution is -2.30. The number of nitrogens with zero attached hydrogens (tertiary/aromatic N) is 1. The summed E-state index contributed by atoms with van der Waals surface area (Å²) in [5, 5.41) is 4.16. The van der Waals surface area contributed by atoms with Crippen LogP contribution in [-0.4, -0.2) is 34.3 Å². The highest BCUT2D eigenvalue weighted by molar-refractivity contribution is 14.1. The van der Waals surface area contributed by atoms with E-state index in [0.717, 1.165) is 20.1 Å². The van der Waals surface area contributed by atoms with E-state index in [1.807, 2.05) is 42.5 Å². The number of carbonyl (C=O) groups is 1. The van der Waals surface area contributed by atoms with Crippen LogP contribution in [0.15, 0.2) is 41.6 Å². The van der Waals surface area contributed by atoms with E-state index >= 15 is 0 Å². The third kappa shape index (κ3) is 6.23. The summed E-state index contributed by atoms with van der Waals surface area (Å²) >= 11 is 4.68. The van der Waals surface area contributed by atoms with Gasteiger partial charge in [-0.3, -0.25) is 0 Å². The normalized spacial score (nSPS) is 12.5. The smallest absolute Gasteiger partial charge is 0.346 e. The van der Waals surface area contributed by atoms with Crippen LogP contribution in [0.3, 0.4) is 0 Å². The predicted octanol–water partition coefficient (Wildman–Crippen LogP) is 4.12. The van der Waals surface area contributed by atoms with Gasteiger partial charge in [-0.1, -0.05) is 93.7 Å². The molecule has 0 aliphatic rings. The minimum absolute atomic E-state index is 0.123. The molecule has 120 valence electrons. The van der Waals surface area contributed by atoms with Crippen LogP contribution >= 0.6 is 45.2 Å². The van der Waals surface area contributed by atoms with E-state index in [2.05, 4.69) is 62.0 Å². The molecule has 0 saturated carbocycles. The first kappa shape index (κ1) is 19.4. The van der Waals surface area contributed by atoms with E-state index in [0.29, 0.717) is 0 Å². The maximum absolute atomic E-state index is 11.1. The molecule has 0 amide bonds. The molecule has 0 fully saturated rings. The Morgan fingerprint density at radius 3 is 2.45 bits per heavy atom. The molecule has 0 saturated heterocycles. The molecule has 0 bridgehead atoms. The van der Waals surface area contributed by atoms with E-state index in [-0.39, 0.29) is 12.0 Å². The Labute approximate surface area is 158 Å².